The van der Waals surface area contributed by atoms with Gasteiger partial charge in [-0.05, 0) is 24.7 Å². The topological polar surface area (TPSA) is 74.2 Å². The molecule has 1 aromatic rings. The lowest BCUT2D eigenvalue weighted by molar-refractivity contribution is 0.190. The predicted octanol–water partition coefficient (Wildman–Crippen LogP) is 2.62. The summed E-state index contributed by atoms with van der Waals surface area (Å²) < 4.78 is 0. The van der Waals surface area contributed by atoms with Crippen molar-refractivity contribution in [1.29, 1.82) is 0 Å². The van der Waals surface area contributed by atoms with Gasteiger partial charge in [-0.15, -0.1) is 11.3 Å². The Labute approximate surface area is 130 Å². The molecule has 21 heavy (non-hydrogen) atoms. The van der Waals surface area contributed by atoms with Crippen molar-refractivity contribution >= 4 is 17.4 Å². The van der Waals surface area contributed by atoms with Crippen LogP contribution < -0.4 is 10.6 Å². The van der Waals surface area contributed by atoms with Crippen molar-refractivity contribution in [2.24, 2.45) is 5.41 Å². The molecule has 1 aliphatic rings. The maximum absolute atomic E-state index is 11.9. The van der Waals surface area contributed by atoms with Crippen LogP contribution in [0, 0.1) is 5.41 Å². The Kier molecular flexibility index (Phi) is 5.22. The molecule has 1 atom stereocenters. The summed E-state index contributed by atoms with van der Waals surface area (Å²) in [5.74, 6) is 0.648. The molecule has 1 unspecified atom stereocenters. The molecule has 0 bridgehead atoms. The first-order valence-corrected chi connectivity index (χ1v) is 8.35. The van der Waals surface area contributed by atoms with Crippen LogP contribution in [0.5, 0.6) is 0 Å². The third-order valence-electron chi connectivity index (χ3n) is 3.38. The van der Waals surface area contributed by atoms with Gasteiger partial charge in [0.2, 0.25) is 0 Å². The summed E-state index contributed by atoms with van der Waals surface area (Å²) in [7, 11) is 0. The number of hydrogen-bond acceptors (Lipinski definition) is 4. The van der Waals surface area contributed by atoms with Crippen molar-refractivity contribution in [1.82, 2.24) is 15.6 Å². The number of urea groups is 1. The van der Waals surface area contributed by atoms with Crippen LogP contribution in [-0.4, -0.2) is 28.8 Å². The van der Waals surface area contributed by atoms with Crippen LogP contribution in [0.3, 0.4) is 0 Å². The summed E-state index contributed by atoms with van der Waals surface area (Å²) in [6, 6.07) is -0.468. The second kappa shape index (κ2) is 6.75. The molecular formula is C15H25N3O2S. The van der Waals surface area contributed by atoms with Crippen LogP contribution in [0.15, 0.2) is 5.38 Å². The summed E-state index contributed by atoms with van der Waals surface area (Å²) in [5, 5.41) is 18.0. The second-order valence-corrected chi connectivity index (χ2v) is 7.85. The van der Waals surface area contributed by atoms with Crippen LogP contribution in [0.1, 0.15) is 56.7 Å². The quantitative estimate of drug-likeness (QED) is 0.756. The van der Waals surface area contributed by atoms with Crippen LogP contribution in [0.2, 0.25) is 0 Å². The van der Waals surface area contributed by atoms with Gasteiger partial charge in [0, 0.05) is 11.3 Å². The van der Waals surface area contributed by atoms with E-state index in [1.54, 1.807) is 11.3 Å². The number of hydrogen-bond donors (Lipinski definition) is 3. The summed E-state index contributed by atoms with van der Waals surface area (Å²) in [6.07, 6.45) is 3.21. The number of nitrogens with one attached hydrogen (secondary N) is 2. The minimum atomic E-state index is -0.249. The third kappa shape index (κ3) is 5.63. The molecule has 1 heterocycles. The molecular weight excluding hydrogens is 286 g/mol. The number of carbonyl (C=O) groups excluding carboxylic acids is 1. The summed E-state index contributed by atoms with van der Waals surface area (Å²) in [6.45, 7) is 6.66. The highest BCUT2D eigenvalue weighted by Gasteiger charge is 2.26. The molecule has 0 aromatic carbocycles. The molecule has 5 nitrogen and oxygen atoms in total. The van der Waals surface area contributed by atoms with E-state index in [1.165, 1.54) is 12.8 Å². The van der Waals surface area contributed by atoms with Crippen molar-refractivity contribution in [3.8, 4) is 0 Å². The van der Waals surface area contributed by atoms with E-state index < -0.39 is 0 Å². The van der Waals surface area contributed by atoms with E-state index in [1.807, 2.05) is 0 Å². The lowest BCUT2D eigenvalue weighted by atomic mass is 9.88. The molecule has 1 aliphatic carbocycles. The van der Waals surface area contributed by atoms with Gasteiger partial charge in [-0.2, -0.15) is 0 Å². The summed E-state index contributed by atoms with van der Waals surface area (Å²) in [4.78, 5) is 16.4. The third-order valence-corrected chi connectivity index (χ3v) is 4.25. The first kappa shape index (κ1) is 16.2. The smallest absolute Gasteiger partial charge is 0.315 e. The predicted molar refractivity (Wildman–Crippen MR) is 84.4 cm³/mol. The minimum absolute atomic E-state index is 0.0478. The molecule has 0 aliphatic heterocycles. The van der Waals surface area contributed by atoms with Crippen LogP contribution in [0.25, 0.3) is 0 Å². The first-order valence-electron chi connectivity index (χ1n) is 7.47. The van der Waals surface area contributed by atoms with Gasteiger partial charge < -0.3 is 15.7 Å². The SMILES string of the molecule is CC(C)(C)CC(CO)NC(=O)NCc1nc(C2CC2)cs1. The van der Waals surface area contributed by atoms with Crippen molar-refractivity contribution in [3.05, 3.63) is 16.1 Å². The summed E-state index contributed by atoms with van der Waals surface area (Å²) >= 11 is 1.59. The highest BCUT2D eigenvalue weighted by molar-refractivity contribution is 7.09. The lowest BCUT2D eigenvalue weighted by Gasteiger charge is -2.25. The molecule has 1 fully saturated rings. The van der Waals surface area contributed by atoms with Gasteiger partial charge in [-0.3, -0.25) is 0 Å². The largest absolute Gasteiger partial charge is 0.394 e. The standard InChI is InChI=1S/C15H25N3O2S/c1-15(2,3)6-11(8-19)17-14(20)16-7-13-18-12(9-21-13)10-4-5-10/h9-11,19H,4-8H2,1-3H3,(H2,16,17,20). The summed E-state index contributed by atoms with van der Waals surface area (Å²) in [5.41, 5.74) is 1.23. The monoisotopic (exact) mass is 311 g/mol. The number of amides is 2. The molecule has 3 N–H and O–H groups in total. The fourth-order valence-corrected chi connectivity index (χ4v) is 3.08. The fourth-order valence-electron chi connectivity index (χ4n) is 2.27. The highest BCUT2D eigenvalue weighted by Crippen LogP contribution is 2.40. The number of rotatable bonds is 6. The van der Waals surface area contributed by atoms with Gasteiger partial charge in [-0.1, -0.05) is 20.8 Å². The Morgan fingerprint density at radius 3 is 2.81 bits per heavy atom. The Balaban J connectivity index is 1.75. The highest BCUT2D eigenvalue weighted by atomic mass is 32.1. The molecule has 1 aromatic heterocycles. The molecule has 2 rings (SSSR count). The van der Waals surface area contributed by atoms with E-state index in [0.29, 0.717) is 12.5 Å². The van der Waals surface area contributed by atoms with E-state index >= 15 is 0 Å². The average Bonchev–Trinajstić information content (AvgIpc) is 3.13. The van der Waals surface area contributed by atoms with Crippen molar-refractivity contribution in [3.63, 3.8) is 0 Å². The minimum Gasteiger partial charge on any atom is -0.394 e. The van der Waals surface area contributed by atoms with Gasteiger partial charge in [-0.25, -0.2) is 9.78 Å². The van der Waals surface area contributed by atoms with E-state index in [9.17, 15) is 9.90 Å². The van der Waals surface area contributed by atoms with Crippen molar-refractivity contribution in [2.75, 3.05) is 6.61 Å². The fraction of sp³-hybridized carbons (Fsp3) is 0.733. The Morgan fingerprint density at radius 2 is 2.24 bits per heavy atom. The number of thiazole rings is 1. The molecule has 118 valence electrons. The molecule has 0 saturated heterocycles. The van der Waals surface area contributed by atoms with Crippen LogP contribution in [0.4, 0.5) is 4.79 Å². The number of aromatic nitrogens is 1. The second-order valence-electron chi connectivity index (χ2n) is 6.91. The number of nitrogens with zero attached hydrogens (tertiary/aromatic N) is 1. The van der Waals surface area contributed by atoms with Gasteiger partial charge in [0.15, 0.2) is 0 Å². The molecule has 1 saturated carbocycles. The zero-order valence-corrected chi connectivity index (χ0v) is 13.8. The number of carbonyl (C=O) groups is 1. The zero-order chi connectivity index (χ0) is 15.5. The Morgan fingerprint density at radius 1 is 1.52 bits per heavy atom. The van der Waals surface area contributed by atoms with Gasteiger partial charge in [0.05, 0.1) is 24.9 Å². The van der Waals surface area contributed by atoms with E-state index in [2.05, 4.69) is 41.8 Å². The lowest BCUT2D eigenvalue weighted by Crippen LogP contribution is -2.45. The van der Waals surface area contributed by atoms with Gasteiger partial charge >= 0.3 is 6.03 Å². The van der Waals surface area contributed by atoms with Gasteiger partial charge in [0.1, 0.15) is 5.01 Å². The maximum atomic E-state index is 11.9. The molecule has 0 radical (unpaired) electrons. The van der Waals surface area contributed by atoms with E-state index in [4.69, 9.17) is 0 Å². The maximum Gasteiger partial charge on any atom is 0.315 e. The number of aliphatic hydroxyl groups is 1. The average molecular weight is 311 g/mol. The van der Waals surface area contributed by atoms with Crippen molar-refractivity contribution in [2.45, 2.75) is 58.5 Å². The van der Waals surface area contributed by atoms with Crippen LogP contribution in [-0.2, 0) is 6.54 Å². The molecule has 2 amide bonds. The zero-order valence-electron chi connectivity index (χ0n) is 13.0. The van der Waals surface area contributed by atoms with Gasteiger partial charge in [0.25, 0.3) is 0 Å². The van der Waals surface area contributed by atoms with E-state index in [0.717, 1.165) is 17.1 Å². The molecule has 6 heteroatoms. The molecule has 0 spiro atoms. The van der Waals surface area contributed by atoms with Crippen molar-refractivity contribution < 1.29 is 9.90 Å². The number of aliphatic hydroxyl groups excluding tert-OH is 1. The Hall–Kier alpha value is -1.14. The Bertz CT molecular complexity index is 478. The normalized spacial score (nSPS) is 16.6. The first-order chi connectivity index (χ1) is 9.87. The van der Waals surface area contributed by atoms with Crippen LogP contribution >= 0.6 is 11.3 Å². The van der Waals surface area contributed by atoms with E-state index in [-0.39, 0.29) is 24.1 Å².